The van der Waals surface area contributed by atoms with Crippen molar-refractivity contribution >= 4 is 29.2 Å². The second-order valence-electron chi connectivity index (χ2n) is 6.19. The Morgan fingerprint density at radius 1 is 1.07 bits per heavy atom. The van der Waals surface area contributed by atoms with Crippen LogP contribution in [0.15, 0.2) is 78.0 Å². The Bertz CT molecular complexity index is 1040. The molecule has 0 saturated carbocycles. The third-order valence-corrected chi connectivity index (χ3v) is 4.19. The molecule has 0 unspecified atom stereocenters. The number of aliphatic imine (C=N–C) groups is 1. The molecular weight excluding hydrogens is 417 g/mol. The van der Waals surface area contributed by atoms with Crippen LogP contribution in [0.1, 0.15) is 21.5 Å². The molecule has 0 saturated heterocycles. The number of anilines is 1. The van der Waals surface area contributed by atoms with Crippen LogP contribution in [-0.2, 0) is 12.7 Å². The fraction of sp³-hybridized carbons (Fsp3) is 0.0952. The quantitative estimate of drug-likeness (QED) is 0.442. The molecule has 30 heavy (non-hydrogen) atoms. The molecule has 3 rings (SSSR count). The highest BCUT2D eigenvalue weighted by Gasteiger charge is 2.30. The molecule has 0 bridgehead atoms. The van der Waals surface area contributed by atoms with Crippen LogP contribution in [0.2, 0.25) is 5.02 Å². The first kappa shape index (κ1) is 21.3. The summed E-state index contributed by atoms with van der Waals surface area (Å²) in [5.41, 5.74) is 0.398. The predicted octanol–water partition coefficient (Wildman–Crippen LogP) is 5.15. The van der Waals surface area contributed by atoms with Gasteiger partial charge in [-0.05, 0) is 54.1 Å². The first-order valence-corrected chi connectivity index (χ1v) is 9.13. The number of guanidine groups is 1. The Labute approximate surface area is 175 Å². The van der Waals surface area contributed by atoms with Crippen molar-refractivity contribution in [3.05, 3.63) is 94.8 Å². The summed E-state index contributed by atoms with van der Waals surface area (Å²) in [7, 11) is 0. The third kappa shape index (κ3) is 6.05. The summed E-state index contributed by atoms with van der Waals surface area (Å²) < 4.78 is 39.0. The Kier molecular flexibility index (Phi) is 6.68. The van der Waals surface area contributed by atoms with E-state index >= 15 is 0 Å². The zero-order valence-electron chi connectivity index (χ0n) is 15.4. The number of aromatic nitrogens is 1. The van der Waals surface area contributed by atoms with E-state index in [0.717, 1.165) is 17.7 Å². The Morgan fingerprint density at radius 3 is 2.50 bits per heavy atom. The maximum Gasteiger partial charge on any atom is 0.416 e. The molecule has 5 nitrogen and oxygen atoms in total. The van der Waals surface area contributed by atoms with Crippen LogP contribution in [0.5, 0.6) is 0 Å². The molecule has 154 valence electrons. The maximum atomic E-state index is 13.0. The number of amides is 1. The van der Waals surface area contributed by atoms with Crippen LogP contribution < -0.4 is 10.6 Å². The smallest absolute Gasteiger partial charge is 0.326 e. The van der Waals surface area contributed by atoms with E-state index in [-0.39, 0.29) is 18.2 Å². The molecule has 3 aromatic rings. The fourth-order valence-electron chi connectivity index (χ4n) is 2.46. The van der Waals surface area contributed by atoms with E-state index in [4.69, 9.17) is 11.6 Å². The number of halogens is 4. The van der Waals surface area contributed by atoms with Gasteiger partial charge in [-0.25, -0.2) is 4.99 Å². The van der Waals surface area contributed by atoms with Gasteiger partial charge >= 0.3 is 6.18 Å². The maximum absolute atomic E-state index is 13.0. The number of carbonyl (C=O) groups excluding carboxylic acids is 1. The van der Waals surface area contributed by atoms with Crippen molar-refractivity contribution in [2.75, 3.05) is 5.32 Å². The minimum atomic E-state index is -4.49. The van der Waals surface area contributed by atoms with Crippen LogP contribution in [0.3, 0.4) is 0 Å². The average Bonchev–Trinajstić information content (AvgIpc) is 2.73. The number of hydrogen-bond acceptors (Lipinski definition) is 3. The van der Waals surface area contributed by atoms with Crippen molar-refractivity contribution < 1.29 is 18.0 Å². The highest BCUT2D eigenvalue weighted by Crippen LogP contribution is 2.30. The van der Waals surface area contributed by atoms with Crippen LogP contribution in [0.4, 0.5) is 18.9 Å². The summed E-state index contributed by atoms with van der Waals surface area (Å²) in [6.07, 6.45) is -1.28. The van der Waals surface area contributed by atoms with Gasteiger partial charge in [0, 0.05) is 28.7 Å². The lowest BCUT2D eigenvalue weighted by Gasteiger charge is -2.14. The van der Waals surface area contributed by atoms with Gasteiger partial charge in [0.2, 0.25) is 5.96 Å². The van der Waals surface area contributed by atoms with Crippen LogP contribution in [0, 0.1) is 0 Å². The molecule has 9 heteroatoms. The van der Waals surface area contributed by atoms with Gasteiger partial charge in [-0.1, -0.05) is 23.7 Å². The van der Waals surface area contributed by atoms with Gasteiger partial charge in [0.25, 0.3) is 5.91 Å². The number of rotatable bonds is 4. The van der Waals surface area contributed by atoms with Crippen molar-refractivity contribution in [1.82, 2.24) is 10.3 Å². The largest absolute Gasteiger partial charge is 0.416 e. The lowest BCUT2D eigenvalue weighted by molar-refractivity contribution is -0.137. The number of nitrogens with one attached hydrogen (secondary N) is 2. The van der Waals surface area contributed by atoms with Crippen molar-refractivity contribution in [1.29, 1.82) is 0 Å². The van der Waals surface area contributed by atoms with Crippen LogP contribution >= 0.6 is 11.6 Å². The first-order chi connectivity index (χ1) is 14.3. The SMILES string of the molecule is O=C(NC(=NCc1cccnc1)Nc1cccc(C(F)(F)F)c1)c1ccc(Cl)cc1. The summed E-state index contributed by atoms with van der Waals surface area (Å²) in [4.78, 5) is 20.8. The fourth-order valence-corrected chi connectivity index (χ4v) is 2.59. The monoisotopic (exact) mass is 432 g/mol. The lowest BCUT2D eigenvalue weighted by atomic mass is 10.2. The predicted molar refractivity (Wildman–Crippen MR) is 109 cm³/mol. The average molecular weight is 433 g/mol. The molecule has 1 heterocycles. The minimum Gasteiger partial charge on any atom is -0.326 e. The van der Waals surface area contributed by atoms with Crippen molar-refractivity contribution in [3.63, 3.8) is 0 Å². The normalized spacial score (nSPS) is 11.8. The van der Waals surface area contributed by atoms with Gasteiger partial charge in [-0.2, -0.15) is 13.2 Å². The van der Waals surface area contributed by atoms with Crippen LogP contribution in [-0.4, -0.2) is 16.9 Å². The summed E-state index contributed by atoms with van der Waals surface area (Å²) in [5, 5.41) is 5.80. The molecule has 1 amide bonds. The van der Waals surface area contributed by atoms with Gasteiger partial charge in [0.15, 0.2) is 0 Å². The van der Waals surface area contributed by atoms with Crippen molar-refractivity contribution in [2.45, 2.75) is 12.7 Å². The van der Waals surface area contributed by atoms with E-state index in [1.165, 1.54) is 24.3 Å². The Morgan fingerprint density at radius 2 is 1.83 bits per heavy atom. The second kappa shape index (κ2) is 9.41. The van der Waals surface area contributed by atoms with E-state index in [9.17, 15) is 18.0 Å². The van der Waals surface area contributed by atoms with E-state index < -0.39 is 17.6 Å². The minimum absolute atomic E-state index is 0.00173. The first-order valence-electron chi connectivity index (χ1n) is 8.76. The summed E-state index contributed by atoms with van der Waals surface area (Å²) in [6, 6.07) is 14.3. The molecule has 0 radical (unpaired) electrons. The Balaban J connectivity index is 1.83. The standard InChI is InChI=1S/C21H16ClF3N4O/c22-17-8-6-15(7-9-17)19(30)29-20(27-13-14-3-2-10-26-12-14)28-18-5-1-4-16(11-18)21(23,24)25/h1-12H,13H2,(H2,27,28,29,30). The van der Waals surface area contributed by atoms with E-state index in [2.05, 4.69) is 20.6 Å². The number of nitrogens with zero attached hydrogens (tertiary/aromatic N) is 2. The molecule has 0 fully saturated rings. The van der Waals surface area contributed by atoms with Gasteiger partial charge in [0.1, 0.15) is 0 Å². The van der Waals surface area contributed by atoms with Gasteiger partial charge < -0.3 is 5.32 Å². The molecular formula is C21H16ClF3N4O. The molecule has 0 aliphatic rings. The zero-order chi connectivity index (χ0) is 21.6. The van der Waals surface area contributed by atoms with Crippen molar-refractivity contribution in [3.8, 4) is 0 Å². The van der Waals surface area contributed by atoms with E-state index in [0.29, 0.717) is 10.6 Å². The second-order valence-corrected chi connectivity index (χ2v) is 6.63. The number of hydrogen-bond donors (Lipinski definition) is 2. The molecule has 2 N–H and O–H groups in total. The molecule has 0 aliphatic carbocycles. The number of alkyl halides is 3. The number of pyridine rings is 1. The molecule has 1 aromatic heterocycles. The highest BCUT2D eigenvalue weighted by molar-refractivity contribution is 6.30. The van der Waals surface area contributed by atoms with E-state index in [1.54, 1.807) is 36.7 Å². The summed E-state index contributed by atoms with van der Waals surface area (Å²) >= 11 is 5.83. The Hall–Kier alpha value is -3.39. The van der Waals surface area contributed by atoms with Gasteiger partial charge in [-0.3, -0.25) is 15.1 Å². The highest BCUT2D eigenvalue weighted by atomic mass is 35.5. The lowest BCUT2D eigenvalue weighted by Crippen LogP contribution is -2.36. The molecule has 0 aliphatic heterocycles. The zero-order valence-corrected chi connectivity index (χ0v) is 16.2. The number of benzene rings is 2. The molecule has 0 spiro atoms. The van der Waals surface area contributed by atoms with Gasteiger partial charge in [-0.15, -0.1) is 0 Å². The van der Waals surface area contributed by atoms with E-state index in [1.807, 2.05) is 0 Å². The summed E-state index contributed by atoms with van der Waals surface area (Å²) in [5.74, 6) is -0.491. The topological polar surface area (TPSA) is 66.4 Å². The third-order valence-electron chi connectivity index (χ3n) is 3.93. The number of carbonyl (C=O) groups is 1. The van der Waals surface area contributed by atoms with Crippen molar-refractivity contribution in [2.24, 2.45) is 4.99 Å². The molecule has 2 aromatic carbocycles. The van der Waals surface area contributed by atoms with Crippen LogP contribution in [0.25, 0.3) is 0 Å². The summed E-state index contributed by atoms with van der Waals surface area (Å²) in [6.45, 7) is 0.163. The van der Waals surface area contributed by atoms with Gasteiger partial charge in [0.05, 0.1) is 12.1 Å². The molecule has 0 atom stereocenters.